The van der Waals surface area contributed by atoms with E-state index in [1.165, 1.54) is 0 Å². The number of piperazine rings is 1. The van der Waals surface area contributed by atoms with Crippen molar-refractivity contribution < 1.29 is 19.2 Å². The van der Waals surface area contributed by atoms with Gasteiger partial charge in [-0.25, -0.2) is 0 Å². The van der Waals surface area contributed by atoms with Gasteiger partial charge in [-0.05, 0) is 49.9 Å². The molecule has 0 bridgehead atoms. The SMILES string of the molecule is CCC(=O)N[C@@H](C(=O)N1CCN(C)CC1)C(C)c1ccc(CNC(=O)[C@@H](NC(=O)c2ccnn2CC)C2CCCCCC2)cc1. The molecule has 4 rings (SSSR count). The summed E-state index contributed by atoms with van der Waals surface area (Å²) < 4.78 is 1.64. The van der Waals surface area contributed by atoms with E-state index in [0.717, 1.165) is 62.7 Å². The van der Waals surface area contributed by atoms with Crippen LogP contribution in [0.2, 0.25) is 0 Å². The highest BCUT2D eigenvalue weighted by atomic mass is 16.2. The highest BCUT2D eigenvalue weighted by molar-refractivity contribution is 5.96. The van der Waals surface area contributed by atoms with E-state index in [1.54, 1.807) is 23.9 Å². The van der Waals surface area contributed by atoms with Gasteiger partial charge in [-0.1, -0.05) is 63.8 Å². The lowest BCUT2D eigenvalue weighted by molar-refractivity contribution is -0.138. The largest absolute Gasteiger partial charge is 0.350 e. The number of hydrogen-bond acceptors (Lipinski definition) is 6. The first-order chi connectivity index (χ1) is 21.7. The highest BCUT2D eigenvalue weighted by Crippen LogP contribution is 2.27. The average molecular weight is 622 g/mol. The number of amides is 4. The van der Waals surface area contributed by atoms with Crippen molar-refractivity contribution in [1.29, 1.82) is 0 Å². The van der Waals surface area contributed by atoms with Crippen LogP contribution in [0.15, 0.2) is 36.5 Å². The van der Waals surface area contributed by atoms with Gasteiger partial charge < -0.3 is 25.8 Å². The van der Waals surface area contributed by atoms with Gasteiger partial charge in [0.05, 0.1) is 0 Å². The number of benzene rings is 1. The first kappa shape index (κ1) is 34.1. The maximum atomic E-state index is 13.6. The zero-order valence-corrected chi connectivity index (χ0v) is 27.4. The Morgan fingerprint density at radius 1 is 0.911 bits per heavy atom. The van der Waals surface area contributed by atoms with Gasteiger partial charge in [0.2, 0.25) is 17.7 Å². The summed E-state index contributed by atoms with van der Waals surface area (Å²) in [5.74, 6) is -0.831. The number of hydrogen-bond donors (Lipinski definition) is 3. The van der Waals surface area contributed by atoms with E-state index in [1.807, 2.05) is 50.1 Å². The minimum Gasteiger partial charge on any atom is -0.350 e. The van der Waals surface area contributed by atoms with Crippen LogP contribution >= 0.6 is 0 Å². The molecule has 1 aromatic carbocycles. The maximum Gasteiger partial charge on any atom is 0.270 e. The molecule has 0 spiro atoms. The Morgan fingerprint density at radius 3 is 2.20 bits per heavy atom. The summed E-state index contributed by atoms with van der Waals surface area (Å²) in [6, 6.07) is 8.23. The predicted molar refractivity (Wildman–Crippen MR) is 173 cm³/mol. The van der Waals surface area contributed by atoms with Crippen molar-refractivity contribution in [3.05, 3.63) is 53.3 Å². The van der Waals surface area contributed by atoms with Crippen LogP contribution < -0.4 is 16.0 Å². The summed E-state index contributed by atoms with van der Waals surface area (Å²) in [4.78, 5) is 56.8. The molecule has 2 fully saturated rings. The molecule has 1 aliphatic heterocycles. The van der Waals surface area contributed by atoms with E-state index >= 15 is 0 Å². The van der Waals surface area contributed by atoms with E-state index in [-0.39, 0.29) is 35.5 Å². The van der Waals surface area contributed by atoms with Gasteiger partial charge >= 0.3 is 0 Å². The molecule has 2 aliphatic rings. The van der Waals surface area contributed by atoms with Crippen molar-refractivity contribution in [1.82, 2.24) is 35.5 Å². The fourth-order valence-corrected chi connectivity index (χ4v) is 6.36. The number of nitrogens with zero attached hydrogens (tertiary/aromatic N) is 4. The van der Waals surface area contributed by atoms with Crippen LogP contribution in [0.25, 0.3) is 0 Å². The predicted octanol–water partition coefficient (Wildman–Crippen LogP) is 3.06. The number of carbonyl (C=O) groups excluding carboxylic acids is 4. The third-order valence-corrected chi connectivity index (χ3v) is 9.38. The van der Waals surface area contributed by atoms with Crippen molar-refractivity contribution in [2.24, 2.45) is 5.92 Å². The lowest BCUT2D eigenvalue weighted by atomic mass is 9.90. The number of aromatic nitrogens is 2. The molecular weight excluding hydrogens is 570 g/mol. The number of aryl methyl sites for hydroxylation is 1. The molecule has 4 amide bonds. The molecule has 11 heteroatoms. The summed E-state index contributed by atoms with van der Waals surface area (Å²) in [5, 5.41) is 13.3. The molecule has 45 heavy (non-hydrogen) atoms. The molecule has 1 unspecified atom stereocenters. The average Bonchev–Trinajstić information content (AvgIpc) is 3.39. The van der Waals surface area contributed by atoms with Gasteiger partial charge in [0.25, 0.3) is 5.91 Å². The summed E-state index contributed by atoms with van der Waals surface area (Å²) in [7, 11) is 2.04. The van der Waals surface area contributed by atoms with Crippen LogP contribution in [-0.2, 0) is 27.5 Å². The van der Waals surface area contributed by atoms with E-state index in [4.69, 9.17) is 0 Å². The van der Waals surface area contributed by atoms with Crippen LogP contribution in [-0.4, -0.2) is 88.5 Å². The normalized spacial score (nSPS) is 18.4. The van der Waals surface area contributed by atoms with Crippen molar-refractivity contribution in [2.45, 2.75) is 96.8 Å². The second-order valence-corrected chi connectivity index (χ2v) is 12.5. The van der Waals surface area contributed by atoms with Crippen LogP contribution in [0, 0.1) is 5.92 Å². The van der Waals surface area contributed by atoms with Gasteiger partial charge in [0.15, 0.2) is 0 Å². The summed E-state index contributed by atoms with van der Waals surface area (Å²) >= 11 is 0. The number of rotatable bonds is 12. The quantitative estimate of drug-likeness (QED) is 0.313. The van der Waals surface area contributed by atoms with Crippen molar-refractivity contribution in [2.75, 3.05) is 33.2 Å². The second kappa shape index (κ2) is 16.5. The van der Waals surface area contributed by atoms with Crippen LogP contribution in [0.1, 0.15) is 93.3 Å². The Morgan fingerprint density at radius 2 is 1.58 bits per heavy atom. The second-order valence-electron chi connectivity index (χ2n) is 12.5. The molecule has 246 valence electrons. The fraction of sp³-hybridized carbons (Fsp3) is 0.618. The van der Waals surface area contributed by atoms with Gasteiger partial charge in [-0.2, -0.15) is 5.10 Å². The smallest absolute Gasteiger partial charge is 0.270 e. The Balaban J connectivity index is 1.42. The van der Waals surface area contributed by atoms with Gasteiger partial charge in [0.1, 0.15) is 17.8 Å². The molecular formula is C34H51N7O4. The third kappa shape index (κ3) is 9.15. The van der Waals surface area contributed by atoms with Gasteiger partial charge in [0, 0.05) is 57.8 Å². The Kier molecular flexibility index (Phi) is 12.6. The molecule has 1 aromatic heterocycles. The summed E-state index contributed by atoms with van der Waals surface area (Å²) in [5.41, 5.74) is 2.30. The van der Waals surface area contributed by atoms with Crippen LogP contribution in [0.5, 0.6) is 0 Å². The van der Waals surface area contributed by atoms with E-state index < -0.39 is 12.1 Å². The minimum atomic E-state index is -0.653. The first-order valence-electron chi connectivity index (χ1n) is 16.7. The minimum absolute atomic E-state index is 0.0534. The lowest BCUT2D eigenvalue weighted by Gasteiger charge is -2.36. The topological polar surface area (TPSA) is 129 Å². The molecule has 3 atom stereocenters. The Hall–Kier alpha value is -3.73. The van der Waals surface area contributed by atoms with Gasteiger partial charge in [-0.15, -0.1) is 0 Å². The monoisotopic (exact) mass is 621 g/mol. The molecule has 0 radical (unpaired) electrons. The number of nitrogens with one attached hydrogen (secondary N) is 3. The molecule has 1 saturated heterocycles. The van der Waals surface area contributed by atoms with Crippen molar-refractivity contribution >= 4 is 23.6 Å². The molecule has 2 aromatic rings. The molecule has 11 nitrogen and oxygen atoms in total. The first-order valence-corrected chi connectivity index (χ1v) is 16.7. The van der Waals surface area contributed by atoms with Crippen LogP contribution in [0.3, 0.4) is 0 Å². The standard InChI is InChI=1S/C34H51N7O4/c1-5-29(42)37-30(34(45)40-21-19-39(4)20-22-40)24(3)26-15-13-25(14-16-26)23-35-33(44)31(27-11-9-7-8-10-12-27)38-32(43)28-17-18-36-41(28)6-2/h13-18,24,27,30-31H,5-12,19-23H2,1-4H3,(H,35,44)(H,37,42)(H,38,43)/t24?,30-,31+/m1/s1. The van der Waals surface area contributed by atoms with E-state index in [2.05, 4.69) is 25.9 Å². The molecule has 2 heterocycles. The molecule has 1 aliphatic carbocycles. The Labute approximate surface area is 267 Å². The third-order valence-electron chi connectivity index (χ3n) is 9.38. The highest BCUT2D eigenvalue weighted by Gasteiger charge is 2.33. The van der Waals surface area contributed by atoms with Crippen LogP contribution in [0.4, 0.5) is 0 Å². The summed E-state index contributed by atoms with van der Waals surface area (Å²) in [6.45, 7) is 9.47. The van der Waals surface area contributed by atoms with Gasteiger partial charge in [-0.3, -0.25) is 23.9 Å². The fourth-order valence-electron chi connectivity index (χ4n) is 6.36. The van der Waals surface area contributed by atoms with Crippen molar-refractivity contribution in [3.63, 3.8) is 0 Å². The van der Waals surface area contributed by atoms with E-state index in [9.17, 15) is 19.2 Å². The molecule has 3 N–H and O–H groups in total. The maximum absolute atomic E-state index is 13.6. The number of likely N-dealkylation sites (N-methyl/N-ethyl adjacent to an activating group) is 1. The van der Waals surface area contributed by atoms with Crippen molar-refractivity contribution in [3.8, 4) is 0 Å². The Bertz CT molecular complexity index is 1280. The molecule has 1 saturated carbocycles. The lowest BCUT2D eigenvalue weighted by Crippen LogP contribution is -2.55. The zero-order chi connectivity index (χ0) is 32.3. The zero-order valence-electron chi connectivity index (χ0n) is 27.4. The summed E-state index contributed by atoms with van der Waals surface area (Å²) in [6.07, 6.45) is 8.11. The van der Waals surface area contributed by atoms with E-state index in [0.29, 0.717) is 38.3 Å². The number of carbonyl (C=O) groups is 4.